The molecule has 6 heteroatoms. The van der Waals surface area contributed by atoms with Crippen LogP contribution >= 0.6 is 0 Å². The van der Waals surface area contributed by atoms with Crippen molar-refractivity contribution >= 4 is 0 Å². The van der Waals surface area contributed by atoms with Gasteiger partial charge in [0.2, 0.25) is 0 Å². The predicted molar refractivity (Wildman–Crippen MR) is 72.8 cm³/mol. The molecule has 1 aromatic carbocycles. The minimum Gasteiger partial charge on any atom is -0.333 e. The number of aryl methyl sites for hydroxylation is 1. The van der Waals surface area contributed by atoms with Crippen LogP contribution < -0.4 is 5.73 Å². The van der Waals surface area contributed by atoms with Gasteiger partial charge in [-0.15, -0.1) is 0 Å². The summed E-state index contributed by atoms with van der Waals surface area (Å²) < 4.78 is 39.6. The summed E-state index contributed by atoms with van der Waals surface area (Å²) in [5, 5.41) is 0. The second kappa shape index (κ2) is 5.18. The van der Waals surface area contributed by atoms with Crippen LogP contribution in [0, 0.1) is 0 Å². The summed E-state index contributed by atoms with van der Waals surface area (Å²) in [6.45, 7) is 0.759. The second-order valence-electron chi connectivity index (χ2n) is 5.47. The van der Waals surface area contributed by atoms with E-state index >= 15 is 0 Å². The van der Waals surface area contributed by atoms with Gasteiger partial charge in [-0.25, -0.2) is 4.98 Å². The van der Waals surface area contributed by atoms with Crippen LogP contribution in [0.3, 0.4) is 0 Å². The van der Waals surface area contributed by atoms with E-state index in [1.807, 2.05) is 10.8 Å². The van der Waals surface area contributed by atoms with E-state index in [0.29, 0.717) is 6.42 Å². The Bertz CT molecular complexity index is 629. The van der Waals surface area contributed by atoms with Crippen LogP contribution in [0.1, 0.15) is 29.1 Å². The van der Waals surface area contributed by atoms with Crippen LogP contribution in [0.15, 0.2) is 30.5 Å². The van der Waals surface area contributed by atoms with Crippen molar-refractivity contribution in [3.63, 3.8) is 0 Å². The van der Waals surface area contributed by atoms with Crippen LogP contribution in [0.5, 0.6) is 0 Å². The third-order valence-electron chi connectivity index (χ3n) is 3.75. The van der Waals surface area contributed by atoms with Crippen molar-refractivity contribution in [3.05, 3.63) is 53.1 Å². The monoisotopic (exact) mass is 295 g/mol. The van der Waals surface area contributed by atoms with E-state index in [-0.39, 0.29) is 6.04 Å². The second-order valence-corrected chi connectivity index (χ2v) is 5.47. The van der Waals surface area contributed by atoms with Gasteiger partial charge in [0.15, 0.2) is 0 Å². The van der Waals surface area contributed by atoms with E-state index in [2.05, 4.69) is 4.98 Å². The highest BCUT2D eigenvalue weighted by atomic mass is 19.4. The fourth-order valence-corrected chi connectivity index (χ4v) is 2.64. The summed E-state index contributed by atoms with van der Waals surface area (Å²) >= 11 is 0. The molecule has 3 nitrogen and oxygen atoms in total. The Hall–Kier alpha value is -1.82. The van der Waals surface area contributed by atoms with Crippen LogP contribution in [-0.4, -0.2) is 15.6 Å². The largest absolute Gasteiger partial charge is 0.416 e. The smallest absolute Gasteiger partial charge is 0.333 e. The minimum absolute atomic E-state index is 0.158. The fourth-order valence-electron chi connectivity index (χ4n) is 2.64. The molecule has 0 spiro atoms. The molecule has 112 valence electrons. The van der Waals surface area contributed by atoms with Gasteiger partial charge in [-0.05, 0) is 24.1 Å². The maximum Gasteiger partial charge on any atom is 0.416 e. The van der Waals surface area contributed by atoms with Gasteiger partial charge in [-0.1, -0.05) is 12.1 Å². The number of hydrogen-bond acceptors (Lipinski definition) is 2. The summed E-state index contributed by atoms with van der Waals surface area (Å²) in [5.74, 6) is 1.01. The van der Waals surface area contributed by atoms with Crippen LogP contribution in [0.25, 0.3) is 0 Å². The number of alkyl halides is 3. The predicted octanol–water partition coefficient (Wildman–Crippen LogP) is 2.77. The van der Waals surface area contributed by atoms with E-state index in [1.165, 1.54) is 12.1 Å². The highest BCUT2D eigenvalue weighted by Gasteiger charge is 2.29. The SMILES string of the molecule is NC1CCc2nc(Cc3ccc(C(F)(F)F)cc3)cn2C1. The van der Waals surface area contributed by atoms with Crippen molar-refractivity contribution in [1.29, 1.82) is 0 Å². The zero-order chi connectivity index (χ0) is 15.0. The molecule has 0 saturated carbocycles. The maximum absolute atomic E-state index is 12.5. The molecule has 0 bridgehead atoms. The molecule has 0 saturated heterocycles. The Morgan fingerprint density at radius 2 is 1.95 bits per heavy atom. The molecule has 2 aromatic rings. The average molecular weight is 295 g/mol. The molecule has 1 atom stereocenters. The van der Waals surface area contributed by atoms with Crippen molar-refractivity contribution in [2.45, 2.75) is 38.0 Å². The first kappa shape index (κ1) is 14.1. The molecule has 3 rings (SSSR count). The van der Waals surface area contributed by atoms with Gasteiger partial charge in [-0.3, -0.25) is 0 Å². The van der Waals surface area contributed by atoms with Crippen LogP contribution in [0.2, 0.25) is 0 Å². The molecule has 2 heterocycles. The Kier molecular flexibility index (Phi) is 3.49. The van der Waals surface area contributed by atoms with Crippen molar-refractivity contribution in [2.24, 2.45) is 5.73 Å². The van der Waals surface area contributed by atoms with Gasteiger partial charge >= 0.3 is 6.18 Å². The fraction of sp³-hybridized carbons (Fsp3) is 0.400. The molecular weight excluding hydrogens is 279 g/mol. The van der Waals surface area contributed by atoms with Crippen LogP contribution in [-0.2, 0) is 25.6 Å². The van der Waals surface area contributed by atoms with Gasteiger partial charge in [-0.2, -0.15) is 13.2 Å². The summed E-state index contributed by atoms with van der Waals surface area (Å²) in [7, 11) is 0. The van der Waals surface area contributed by atoms with Gasteiger partial charge in [0.25, 0.3) is 0 Å². The van der Waals surface area contributed by atoms with E-state index in [9.17, 15) is 13.2 Å². The molecule has 2 N–H and O–H groups in total. The molecule has 0 fully saturated rings. The minimum atomic E-state index is -4.29. The summed E-state index contributed by atoms with van der Waals surface area (Å²) in [6, 6.07) is 5.40. The maximum atomic E-state index is 12.5. The van der Waals surface area contributed by atoms with Gasteiger partial charge in [0, 0.05) is 31.6 Å². The van der Waals surface area contributed by atoms with Crippen molar-refractivity contribution in [1.82, 2.24) is 9.55 Å². The number of aromatic nitrogens is 2. The zero-order valence-corrected chi connectivity index (χ0v) is 11.4. The standard InChI is InChI=1S/C15H16F3N3/c16-15(17,18)11-3-1-10(2-4-11)7-13-9-21-8-12(19)5-6-14(21)20-13/h1-4,9,12H,5-8,19H2. The van der Waals surface area contributed by atoms with Crippen molar-refractivity contribution in [2.75, 3.05) is 0 Å². The zero-order valence-electron chi connectivity index (χ0n) is 11.4. The van der Waals surface area contributed by atoms with Crippen LogP contribution in [0.4, 0.5) is 13.2 Å². The van der Waals surface area contributed by atoms with E-state index < -0.39 is 11.7 Å². The summed E-state index contributed by atoms with van der Waals surface area (Å²) in [6.07, 6.45) is -0.0214. The Balaban J connectivity index is 1.75. The lowest BCUT2D eigenvalue weighted by atomic mass is 10.1. The van der Waals surface area contributed by atoms with Crippen molar-refractivity contribution < 1.29 is 13.2 Å². The third-order valence-corrected chi connectivity index (χ3v) is 3.75. The topological polar surface area (TPSA) is 43.8 Å². The molecule has 1 aliphatic rings. The summed E-state index contributed by atoms with van der Waals surface area (Å²) in [4.78, 5) is 4.54. The van der Waals surface area contributed by atoms with E-state index in [0.717, 1.165) is 48.6 Å². The third kappa shape index (κ3) is 3.10. The van der Waals surface area contributed by atoms with Gasteiger partial charge < -0.3 is 10.3 Å². The number of benzene rings is 1. The number of fused-ring (bicyclic) bond motifs is 1. The molecule has 1 aliphatic heterocycles. The number of halogens is 3. The van der Waals surface area contributed by atoms with E-state index in [1.54, 1.807) is 0 Å². The number of nitrogens with zero attached hydrogens (tertiary/aromatic N) is 2. The quantitative estimate of drug-likeness (QED) is 0.926. The lowest BCUT2D eigenvalue weighted by Gasteiger charge is -2.19. The first-order valence-corrected chi connectivity index (χ1v) is 6.88. The number of hydrogen-bond donors (Lipinski definition) is 1. The first-order valence-electron chi connectivity index (χ1n) is 6.88. The normalized spacial score (nSPS) is 18.6. The lowest BCUT2D eigenvalue weighted by molar-refractivity contribution is -0.137. The van der Waals surface area contributed by atoms with Crippen molar-refractivity contribution in [3.8, 4) is 0 Å². The first-order chi connectivity index (χ1) is 9.91. The molecule has 1 aromatic heterocycles. The lowest BCUT2D eigenvalue weighted by Crippen LogP contribution is -2.31. The molecule has 0 aliphatic carbocycles. The number of nitrogens with two attached hydrogens (primary N) is 1. The van der Waals surface area contributed by atoms with Gasteiger partial charge in [0.1, 0.15) is 5.82 Å². The molecular formula is C15H16F3N3. The number of imidazole rings is 1. The highest BCUT2D eigenvalue weighted by molar-refractivity contribution is 5.27. The highest BCUT2D eigenvalue weighted by Crippen LogP contribution is 2.29. The van der Waals surface area contributed by atoms with Gasteiger partial charge in [0.05, 0.1) is 11.3 Å². The molecule has 0 radical (unpaired) electrons. The average Bonchev–Trinajstić information content (AvgIpc) is 2.79. The number of rotatable bonds is 2. The summed E-state index contributed by atoms with van der Waals surface area (Å²) in [5.41, 5.74) is 6.99. The molecule has 1 unspecified atom stereocenters. The molecule has 21 heavy (non-hydrogen) atoms. The Morgan fingerprint density at radius 1 is 1.24 bits per heavy atom. The van der Waals surface area contributed by atoms with E-state index in [4.69, 9.17) is 5.73 Å². The Labute approximate surface area is 120 Å². The Morgan fingerprint density at radius 3 is 2.62 bits per heavy atom. The molecule has 0 amide bonds.